The molecule has 1 aromatic carbocycles. The molecule has 0 aromatic heterocycles. The number of benzene rings is 1. The van der Waals surface area contributed by atoms with Crippen LogP contribution in [0.25, 0.3) is 0 Å². The molecule has 0 unspecified atom stereocenters. The van der Waals surface area contributed by atoms with Gasteiger partial charge in [0.1, 0.15) is 17.8 Å². The minimum atomic E-state index is -1.82. The van der Waals surface area contributed by atoms with Crippen molar-refractivity contribution in [3.63, 3.8) is 0 Å². The van der Waals surface area contributed by atoms with Crippen molar-refractivity contribution in [1.82, 2.24) is 0 Å². The summed E-state index contributed by atoms with van der Waals surface area (Å²) in [5.41, 5.74) is -2.64. The number of hydrogen-bond donors (Lipinski definition) is 2. The van der Waals surface area contributed by atoms with Crippen LogP contribution in [0.5, 0.6) is 0 Å². The van der Waals surface area contributed by atoms with E-state index in [1.54, 1.807) is 13.0 Å². The lowest BCUT2D eigenvalue weighted by atomic mass is 9.60. The lowest BCUT2D eigenvalue weighted by Gasteiger charge is -2.50. The average Bonchev–Trinajstić information content (AvgIpc) is 3.22. The van der Waals surface area contributed by atoms with Crippen molar-refractivity contribution in [3.05, 3.63) is 59.2 Å². The first kappa shape index (κ1) is 25.9. The second kappa shape index (κ2) is 8.37. The highest BCUT2D eigenvalue weighted by Crippen LogP contribution is 2.76. The fourth-order valence-electron chi connectivity index (χ4n) is 7.78. The van der Waals surface area contributed by atoms with E-state index in [2.05, 4.69) is 0 Å². The van der Waals surface area contributed by atoms with Crippen molar-refractivity contribution in [2.75, 3.05) is 6.61 Å². The van der Waals surface area contributed by atoms with Crippen molar-refractivity contribution in [2.24, 2.45) is 29.1 Å². The van der Waals surface area contributed by atoms with E-state index in [0.717, 1.165) is 5.56 Å². The van der Waals surface area contributed by atoms with Crippen molar-refractivity contribution in [1.29, 1.82) is 0 Å². The van der Waals surface area contributed by atoms with E-state index >= 15 is 0 Å². The fraction of sp³-hybridized carbons (Fsp3) is 0.567. The van der Waals surface area contributed by atoms with Gasteiger partial charge in [0.05, 0.1) is 12.0 Å². The molecular formula is C30H36O7. The summed E-state index contributed by atoms with van der Waals surface area (Å²) < 4.78 is 11.6. The summed E-state index contributed by atoms with van der Waals surface area (Å²) in [6.07, 6.45) is 4.12. The molecule has 0 amide bonds. The Morgan fingerprint density at radius 1 is 1.11 bits per heavy atom. The van der Waals surface area contributed by atoms with E-state index in [9.17, 15) is 24.6 Å². The van der Waals surface area contributed by atoms with Crippen molar-refractivity contribution < 1.29 is 34.1 Å². The summed E-state index contributed by atoms with van der Waals surface area (Å²) in [6.45, 7) is 8.88. The molecule has 0 heterocycles. The van der Waals surface area contributed by atoms with Crippen LogP contribution in [0.2, 0.25) is 0 Å². The van der Waals surface area contributed by atoms with Crippen LogP contribution in [0.4, 0.5) is 0 Å². The van der Waals surface area contributed by atoms with Gasteiger partial charge in [-0.2, -0.15) is 0 Å². The van der Waals surface area contributed by atoms with Gasteiger partial charge < -0.3 is 19.7 Å². The van der Waals surface area contributed by atoms with Crippen LogP contribution in [0.3, 0.4) is 0 Å². The Labute approximate surface area is 217 Å². The first-order valence-corrected chi connectivity index (χ1v) is 13.0. The predicted molar refractivity (Wildman–Crippen MR) is 135 cm³/mol. The van der Waals surface area contributed by atoms with Gasteiger partial charge in [0.2, 0.25) is 0 Å². The summed E-state index contributed by atoms with van der Waals surface area (Å²) in [4.78, 5) is 37.9. The number of carbonyl (C=O) groups excluding carboxylic acids is 3. The number of esters is 2. The van der Waals surface area contributed by atoms with Crippen molar-refractivity contribution in [2.45, 2.75) is 70.7 Å². The minimum absolute atomic E-state index is 0.0307. The normalized spacial score (nSPS) is 39.3. The number of hydrogen-bond acceptors (Lipinski definition) is 7. The third-order valence-corrected chi connectivity index (χ3v) is 9.62. The monoisotopic (exact) mass is 508 g/mol. The van der Waals surface area contributed by atoms with Gasteiger partial charge in [-0.25, -0.2) is 0 Å². The van der Waals surface area contributed by atoms with E-state index in [4.69, 9.17) is 9.47 Å². The number of ketones is 1. The molecule has 0 radical (unpaired) electrons. The topological polar surface area (TPSA) is 110 Å². The molecule has 0 spiro atoms. The van der Waals surface area contributed by atoms with Gasteiger partial charge in [0.25, 0.3) is 0 Å². The van der Waals surface area contributed by atoms with Gasteiger partial charge in [0.15, 0.2) is 5.78 Å². The first-order chi connectivity index (χ1) is 17.3. The van der Waals surface area contributed by atoms with Gasteiger partial charge in [-0.15, -0.1) is 0 Å². The number of fused-ring (bicyclic) bond motifs is 5. The standard InChI is InChI=1S/C30H36O7/c1-17-11-23-28(34,26(17)33)15-21(16-36-19(3)31)12-22-25-27(4,5)29(25,14-18(2)30(22,23)35)37-24(32)13-20-9-7-6-8-10-20/h6-12,18,22-23,25,34-35H,13-16H2,1-5H3/t18-,22+,23-,25-,28-,29+,30-/m1/s1. The summed E-state index contributed by atoms with van der Waals surface area (Å²) in [5.74, 6) is -3.17. The molecule has 0 bridgehead atoms. The van der Waals surface area contributed by atoms with Crippen LogP contribution < -0.4 is 0 Å². The molecule has 4 aliphatic carbocycles. The Bertz CT molecular complexity index is 1210. The molecule has 37 heavy (non-hydrogen) atoms. The number of rotatable bonds is 5. The second-order valence-corrected chi connectivity index (χ2v) is 12.1. The van der Waals surface area contributed by atoms with Gasteiger partial charge in [-0.3, -0.25) is 14.4 Å². The Hall–Kier alpha value is -2.77. The molecule has 1 aromatic rings. The first-order valence-electron chi connectivity index (χ1n) is 13.0. The maximum atomic E-state index is 13.2. The molecule has 7 atom stereocenters. The lowest BCUT2D eigenvalue weighted by Crippen LogP contribution is -2.61. The smallest absolute Gasteiger partial charge is 0.310 e. The molecule has 7 nitrogen and oxygen atoms in total. The highest BCUT2D eigenvalue weighted by Gasteiger charge is 2.83. The number of Topliss-reactive ketones (excluding diaryl/α,β-unsaturated/α-hetero) is 1. The molecule has 5 rings (SSSR count). The van der Waals surface area contributed by atoms with Crippen LogP contribution in [-0.2, 0) is 30.3 Å². The van der Waals surface area contributed by atoms with Crippen molar-refractivity contribution in [3.8, 4) is 0 Å². The van der Waals surface area contributed by atoms with Gasteiger partial charge in [0, 0.05) is 36.5 Å². The van der Waals surface area contributed by atoms with Gasteiger partial charge in [-0.05, 0) is 36.0 Å². The highest BCUT2D eigenvalue weighted by atomic mass is 16.6. The maximum Gasteiger partial charge on any atom is 0.310 e. The molecule has 198 valence electrons. The van der Waals surface area contributed by atoms with E-state index in [-0.39, 0.29) is 31.3 Å². The average molecular weight is 509 g/mol. The zero-order valence-corrected chi connectivity index (χ0v) is 22.1. The second-order valence-electron chi connectivity index (χ2n) is 12.1. The highest BCUT2D eigenvalue weighted by molar-refractivity contribution is 6.04. The Balaban J connectivity index is 1.54. The molecule has 0 saturated heterocycles. The Morgan fingerprint density at radius 2 is 1.78 bits per heavy atom. The summed E-state index contributed by atoms with van der Waals surface area (Å²) in [7, 11) is 0. The predicted octanol–water partition coefficient (Wildman–Crippen LogP) is 3.32. The molecule has 7 heteroatoms. The molecular weight excluding hydrogens is 472 g/mol. The van der Waals surface area contributed by atoms with Crippen molar-refractivity contribution >= 4 is 17.7 Å². The Kier molecular flexibility index (Phi) is 5.85. The van der Waals surface area contributed by atoms with E-state index in [0.29, 0.717) is 17.6 Å². The summed E-state index contributed by atoms with van der Waals surface area (Å²) in [5, 5.41) is 24.2. The zero-order chi connectivity index (χ0) is 27.0. The number of ether oxygens (including phenoxy) is 2. The van der Waals surface area contributed by atoms with Crippen LogP contribution in [0, 0.1) is 29.1 Å². The number of aliphatic hydroxyl groups is 2. The Morgan fingerprint density at radius 3 is 2.43 bits per heavy atom. The molecule has 2 N–H and O–H groups in total. The van der Waals surface area contributed by atoms with Crippen LogP contribution in [0.15, 0.2) is 53.6 Å². The minimum Gasteiger partial charge on any atom is -0.461 e. The van der Waals surface area contributed by atoms with Crippen LogP contribution in [-0.4, -0.2) is 51.3 Å². The van der Waals surface area contributed by atoms with E-state index < -0.39 is 51.7 Å². The largest absolute Gasteiger partial charge is 0.461 e. The third kappa shape index (κ3) is 3.65. The molecule has 2 saturated carbocycles. The third-order valence-electron chi connectivity index (χ3n) is 9.62. The molecule has 4 aliphatic rings. The quantitative estimate of drug-likeness (QED) is 0.464. The number of carbonyl (C=O) groups is 3. The van der Waals surface area contributed by atoms with E-state index in [1.807, 2.05) is 57.2 Å². The van der Waals surface area contributed by atoms with E-state index in [1.165, 1.54) is 6.92 Å². The van der Waals surface area contributed by atoms with Crippen LogP contribution in [0.1, 0.15) is 53.0 Å². The maximum absolute atomic E-state index is 13.2. The SMILES string of the molecule is CC(=O)OCC1=C[C@H]2[C@@H]3C(C)(C)[C@]3(OC(=O)Cc3ccccc3)C[C@@H](C)[C@]2(O)[C@@H]2C=C(C)C(=O)[C@@]2(O)C1. The zero-order valence-electron chi connectivity index (χ0n) is 22.1. The fourth-order valence-corrected chi connectivity index (χ4v) is 7.78. The molecule has 0 aliphatic heterocycles. The summed E-state index contributed by atoms with van der Waals surface area (Å²) in [6, 6.07) is 9.44. The van der Waals surface area contributed by atoms with Crippen LogP contribution >= 0.6 is 0 Å². The van der Waals surface area contributed by atoms with Gasteiger partial charge >= 0.3 is 11.9 Å². The molecule has 2 fully saturated rings. The van der Waals surface area contributed by atoms with Gasteiger partial charge in [-0.1, -0.05) is 63.3 Å². The lowest BCUT2D eigenvalue weighted by molar-refractivity contribution is -0.186. The summed E-state index contributed by atoms with van der Waals surface area (Å²) >= 11 is 0.